The largest absolute Gasteiger partial charge is 0.244 e. The van der Waals surface area contributed by atoms with E-state index in [2.05, 4.69) is 0 Å². The Kier molecular flexibility index (Phi) is 4.91. The molecule has 0 bridgehead atoms. The second-order valence-corrected chi connectivity index (χ2v) is 8.44. The summed E-state index contributed by atoms with van der Waals surface area (Å²) in [5.74, 6) is 0. The second-order valence-electron chi connectivity index (χ2n) is 4.22. The summed E-state index contributed by atoms with van der Waals surface area (Å²) in [6, 6.07) is 9.51. The van der Waals surface area contributed by atoms with Crippen molar-refractivity contribution in [2.45, 2.75) is 11.4 Å². The van der Waals surface area contributed by atoms with E-state index in [9.17, 15) is 8.42 Å². The minimum Gasteiger partial charge on any atom is -0.207 e. The van der Waals surface area contributed by atoms with E-state index in [1.165, 1.54) is 40.9 Å². The van der Waals surface area contributed by atoms with Gasteiger partial charge in [-0.25, -0.2) is 8.42 Å². The van der Waals surface area contributed by atoms with Gasteiger partial charge in [0.15, 0.2) is 0 Å². The monoisotopic (exact) mass is 360 g/mol. The predicted molar refractivity (Wildman–Crippen MR) is 84.1 cm³/mol. The molecule has 0 aliphatic rings. The van der Waals surface area contributed by atoms with E-state index in [1.807, 2.05) is 6.07 Å². The molecule has 0 amide bonds. The Morgan fingerprint density at radius 1 is 1.29 bits per heavy atom. The zero-order valence-electron chi connectivity index (χ0n) is 10.9. The van der Waals surface area contributed by atoms with Crippen molar-refractivity contribution in [2.75, 3.05) is 7.05 Å². The van der Waals surface area contributed by atoms with E-state index in [-0.39, 0.29) is 16.5 Å². The molecule has 0 saturated carbocycles. The van der Waals surface area contributed by atoms with E-state index in [0.29, 0.717) is 9.90 Å². The molecule has 2 aromatic rings. The minimum absolute atomic E-state index is 0.0201. The highest BCUT2D eigenvalue weighted by Crippen LogP contribution is 2.28. The van der Waals surface area contributed by atoms with Gasteiger partial charge in [0.25, 0.3) is 0 Å². The van der Waals surface area contributed by atoms with Gasteiger partial charge in [-0.3, -0.25) is 0 Å². The fourth-order valence-corrected chi connectivity index (χ4v) is 4.57. The normalized spacial score (nSPS) is 11.6. The molecule has 0 unspecified atom stereocenters. The lowest BCUT2D eigenvalue weighted by atomic mass is 10.2. The van der Waals surface area contributed by atoms with Crippen molar-refractivity contribution in [3.8, 4) is 6.07 Å². The zero-order chi connectivity index (χ0) is 15.6. The van der Waals surface area contributed by atoms with Crippen LogP contribution in [0, 0.1) is 11.3 Å². The van der Waals surface area contributed by atoms with Crippen LogP contribution in [0.2, 0.25) is 9.36 Å². The Labute approximate surface area is 137 Å². The zero-order valence-corrected chi connectivity index (χ0v) is 14.0. The van der Waals surface area contributed by atoms with Crippen LogP contribution in [0.3, 0.4) is 0 Å². The molecule has 8 heteroatoms. The molecule has 21 heavy (non-hydrogen) atoms. The third-order valence-corrected chi connectivity index (χ3v) is 6.26. The third kappa shape index (κ3) is 3.57. The molecule has 0 aliphatic carbocycles. The van der Waals surface area contributed by atoms with Crippen molar-refractivity contribution in [3.63, 3.8) is 0 Å². The molecule has 0 radical (unpaired) electrons. The molecule has 0 saturated heterocycles. The van der Waals surface area contributed by atoms with Gasteiger partial charge in [0.1, 0.15) is 4.90 Å². The number of rotatable bonds is 4. The number of nitrogens with zero attached hydrogens (tertiary/aromatic N) is 2. The average molecular weight is 361 g/mol. The first-order chi connectivity index (χ1) is 9.84. The van der Waals surface area contributed by atoms with Crippen molar-refractivity contribution >= 4 is 44.6 Å². The quantitative estimate of drug-likeness (QED) is 0.833. The first kappa shape index (κ1) is 16.3. The summed E-state index contributed by atoms with van der Waals surface area (Å²) in [7, 11) is -2.26. The average Bonchev–Trinajstić information content (AvgIpc) is 2.83. The number of nitriles is 1. The van der Waals surface area contributed by atoms with E-state index in [0.717, 1.165) is 4.88 Å². The molecule has 0 atom stereocenters. The highest BCUT2D eigenvalue weighted by molar-refractivity contribution is 7.89. The number of hydrogen-bond acceptors (Lipinski definition) is 4. The lowest BCUT2D eigenvalue weighted by molar-refractivity contribution is 0.469. The summed E-state index contributed by atoms with van der Waals surface area (Å²) in [6.07, 6.45) is 0. The van der Waals surface area contributed by atoms with Gasteiger partial charge >= 0.3 is 0 Å². The number of thiophene rings is 1. The predicted octanol–water partition coefficient (Wildman–Crippen LogP) is 3.75. The molecule has 0 spiro atoms. The van der Waals surface area contributed by atoms with Gasteiger partial charge in [0.05, 0.1) is 21.0 Å². The van der Waals surface area contributed by atoms with Crippen molar-refractivity contribution in [1.82, 2.24) is 4.31 Å². The van der Waals surface area contributed by atoms with Crippen molar-refractivity contribution in [1.29, 1.82) is 5.26 Å². The number of hydrogen-bond donors (Lipinski definition) is 0. The molecule has 0 fully saturated rings. The van der Waals surface area contributed by atoms with E-state index < -0.39 is 10.0 Å². The maximum absolute atomic E-state index is 12.5. The van der Waals surface area contributed by atoms with Gasteiger partial charge in [0, 0.05) is 18.5 Å². The molecule has 1 heterocycles. The summed E-state index contributed by atoms with van der Waals surface area (Å²) in [4.78, 5) is 0.809. The smallest absolute Gasteiger partial charge is 0.207 e. The Balaban J connectivity index is 2.31. The van der Waals surface area contributed by atoms with Gasteiger partial charge < -0.3 is 0 Å². The van der Waals surface area contributed by atoms with Crippen LogP contribution >= 0.6 is 34.5 Å². The fourth-order valence-electron chi connectivity index (χ4n) is 1.69. The van der Waals surface area contributed by atoms with Crippen LogP contribution in [-0.4, -0.2) is 19.8 Å². The molecule has 0 aliphatic heterocycles. The molecular weight excluding hydrogens is 351 g/mol. The van der Waals surface area contributed by atoms with Crippen LogP contribution in [0.5, 0.6) is 0 Å². The van der Waals surface area contributed by atoms with Crippen molar-refractivity contribution in [3.05, 3.63) is 50.1 Å². The van der Waals surface area contributed by atoms with Crippen LogP contribution in [0.25, 0.3) is 0 Å². The van der Waals surface area contributed by atoms with Crippen LogP contribution in [0.4, 0.5) is 0 Å². The molecule has 110 valence electrons. The van der Waals surface area contributed by atoms with E-state index >= 15 is 0 Å². The molecule has 4 nitrogen and oxygen atoms in total. The first-order valence-corrected chi connectivity index (χ1v) is 8.76. The number of benzene rings is 1. The van der Waals surface area contributed by atoms with Gasteiger partial charge in [-0.1, -0.05) is 23.2 Å². The van der Waals surface area contributed by atoms with E-state index in [4.69, 9.17) is 28.5 Å². The summed E-state index contributed by atoms with van der Waals surface area (Å²) in [5.41, 5.74) is 0.312. The van der Waals surface area contributed by atoms with Gasteiger partial charge in [0.2, 0.25) is 10.0 Å². The van der Waals surface area contributed by atoms with Crippen LogP contribution in [0.1, 0.15) is 10.4 Å². The molecule has 1 aromatic heterocycles. The Bertz CT molecular complexity index is 810. The minimum atomic E-state index is -3.73. The lowest BCUT2D eigenvalue weighted by Crippen LogP contribution is -2.26. The first-order valence-electron chi connectivity index (χ1n) is 5.75. The number of halogens is 2. The highest BCUT2D eigenvalue weighted by atomic mass is 35.5. The third-order valence-electron chi connectivity index (χ3n) is 2.76. The van der Waals surface area contributed by atoms with Gasteiger partial charge in [-0.05, 0) is 30.3 Å². The van der Waals surface area contributed by atoms with Crippen LogP contribution in [-0.2, 0) is 16.6 Å². The topological polar surface area (TPSA) is 61.2 Å². The lowest BCUT2D eigenvalue weighted by Gasteiger charge is -2.17. The molecule has 0 N–H and O–H groups in total. The van der Waals surface area contributed by atoms with Crippen molar-refractivity contribution in [2.24, 2.45) is 0 Å². The number of sulfonamides is 1. The molecular formula is C13H10Cl2N2O2S2. The fraction of sp³-hybridized carbons (Fsp3) is 0.154. The Morgan fingerprint density at radius 2 is 2.00 bits per heavy atom. The van der Waals surface area contributed by atoms with Crippen LogP contribution < -0.4 is 0 Å². The summed E-state index contributed by atoms with van der Waals surface area (Å²) >= 11 is 13.1. The van der Waals surface area contributed by atoms with Crippen LogP contribution in [0.15, 0.2) is 35.2 Å². The maximum atomic E-state index is 12.5. The molecule has 1 aromatic carbocycles. The van der Waals surface area contributed by atoms with E-state index in [1.54, 1.807) is 12.1 Å². The van der Waals surface area contributed by atoms with Gasteiger partial charge in [-0.2, -0.15) is 9.57 Å². The second kappa shape index (κ2) is 6.34. The summed E-state index contributed by atoms with van der Waals surface area (Å²) in [5, 5.41) is 8.81. The standard InChI is InChI=1S/C13H10Cl2N2O2S2/c1-17(8-10-3-5-13(15)20-10)21(18,19)12-4-2-9(7-16)6-11(12)14/h2-6H,8H2,1H3. The Hall–Kier alpha value is -1.10. The summed E-state index contributed by atoms with van der Waals surface area (Å²) in [6.45, 7) is 0.204. The highest BCUT2D eigenvalue weighted by Gasteiger charge is 2.24. The Morgan fingerprint density at radius 3 is 2.52 bits per heavy atom. The van der Waals surface area contributed by atoms with Gasteiger partial charge in [-0.15, -0.1) is 11.3 Å². The summed E-state index contributed by atoms with van der Waals surface area (Å²) < 4.78 is 26.8. The molecule has 2 rings (SSSR count). The SMILES string of the molecule is CN(Cc1ccc(Cl)s1)S(=O)(=O)c1ccc(C#N)cc1Cl. The maximum Gasteiger partial charge on any atom is 0.244 e. The van der Waals surface area contributed by atoms with Crippen molar-refractivity contribution < 1.29 is 8.42 Å².